The number of hydrogen-bond donors (Lipinski definition) is 1. The van der Waals surface area contributed by atoms with Crippen molar-refractivity contribution in [2.75, 3.05) is 25.0 Å². The maximum Gasteiger partial charge on any atom is 0.251 e. The standard InChI is InChI=1S/C17H25N5O/c1-3-4-11-21(2)16-8-6-15(7-9-16)17(23)19-10-5-12-22-14-18-13-20-22/h6-9,13-14H,3-5,10-12H2,1-2H3,(H,19,23). The summed E-state index contributed by atoms with van der Waals surface area (Å²) in [7, 11) is 2.08. The van der Waals surface area contributed by atoms with Crippen molar-refractivity contribution in [3.8, 4) is 0 Å². The Balaban J connectivity index is 1.76. The topological polar surface area (TPSA) is 63.1 Å². The van der Waals surface area contributed by atoms with E-state index in [0.717, 1.165) is 25.2 Å². The normalized spacial score (nSPS) is 10.5. The van der Waals surface area contributed by atoms with E-state index in [9.17, 15) is 4.79 Å². The van der Waals surface area contributed by atoms with Gasteiger partial charge in [0, 0.05) is 37.9 Å². The molecule has 1 aromatic carbocycles. The molecule has 6 nitrogen and oxygen atoms in total. The fraction of sp³-hybridized carbons (Fsp3) is 0.471. The molecule has 23 heavy (non-hydrogen) atoms. The molecule has 1 amide bonds. The van der Waals surface area contributed by atoms with E-state index in [2.05, 4.69) is 34.3 Å². The number of carbonyl (C=O) groups excluding carboxylic acids is 1. The maximum atomic E-state index is 12.1. The maximum absolute atomic E-state index is 12.1. The Morgan fingerprint density at radius 2 is 2.04 bits per heavy atom. The fourth-order valence-corrected chi connectivity index (χ4v) is 2.28. The third-order valence-electron chi connectivity index (χ3n) is 3.73. The average Bonchev–Trinajstić information content (AvgIpc) is 3.10. The summed E-state index contributed by atoms with van der Waals surface area (Å²) in [4.78, 5) is 18.2. The highest BCUT2D eigenvalue weighted by atomic mass is 16.1. The first kappa shape index (κ1) is 17.0. The Labute approximate surface area is 137 Å². The molecule has 1 N–H and O–H groups in total. The van der Waals surface area contributed by atoms with Gasteiger partial charge in [0.25, 0.3) is 5.91 Å². The zero-order chi connectivity index (χ0) is 16.5. The predicted molar refractivity (Wildman–Crippen MR) is 91.6 cm³/mol. The Hall–Kier alpha value is -2.37. The van der Waals surface area contributed by atoms with Crippen LogP contribution in [-0.4, -0.2) is 40.8 Å². The number of rotatable bonds is 9. The number of aromatic nitrogens is 3. The number of anilines is 1. The van der Waals surface area contributed by atoms with Crippen molar-refractivity contribution in [1.29, 1.82) is 0 Å². The number of amides is 1. The minimum Gasteiger partial charge on any atom is -0.375 e. The van der Waals surface area contributed by atoms with Crippen LogP contribution >= 0.6 is 0 Å². The monoisotopic (exact) mass is 315 g/mol. The fourth-order valence-electron chi connectivity index (χ4n) is 2.28. The van der Waals surface area contributed by atoms with Crippen LogP contribution in [-0.2, 0) is 6.54 Å². The molecule has 1 aromatic heterocycles. The van der Waals surface area contributed by atoms with Gasteiger partial charge in [0.15, 0.2) is 0 Å². The van der Waals surface area contributed by atoms with E-state index >= 15 is 0 Å². The molecular weight excluding hydrogens is 290 g/mol. The average molecular weight is 315 g/mol. The van der Waals surface area contributed by atoms with Crippen molar-refractivity contribution >= 4 is 11.6 Å². The molecule has 124 valence electrons. The van der Waals surface area contributed by atoms with Crippen LogP contribution in [0.15, 0.2) is 36.9 Å². The van der Waals surface area contributed by atoms with E-state index in [1.54, 1.807) is 11.0 Å². The van der Waals surface area contributed by atoms with Crippen LogP contribution < -0.4 is 10.2 Å². The summed E-state index contributed by atoms with van der Waals surface area (Å²) in [5.74, 6) is -0.0358. The quantitative estimate of drug-likeness (QED) is 0.721. The lowest BCUT2D eigenvalue weighted by Gasteiger charge is -2.19. The van der Waals surface area contributed by atoms with Crippen molar-refractivity contribution in [1.82, 2.24) is 20.1 Å². The number of aryl methyl sites for hydroxylation is 1. The molecule has 0 atom stereocenters. The predicted octanol–water partition coefficient (Wildman–Crippen LogP) is 2.33. The first-order valence-corrected chi connectivity index (χ1v) is 8.12. The minimum absolute atomic E-state index is 0.0358. The van der Waals surface area contributed by atoms with Crippen LogP contribution in [0.4, 0.5) is 5.69 Å². The van der Waals surface area contributed by atoms with Crippen molar-refractivity contribution in [3.63, 3.8) is 0 Å². The molecule has 2 rings (SSSR count). The van der Waals surface area contributed by atoms with Crippen LogP contribution in [0.3, 0.4) is 0 Å². The van der Waals surface area contributed by atoms with Gasteiger partial charge < -0.3 is 10.2 Å². The molecule has 1 heterocycles. The van der Waals surface area contributed by atoms with Gasteiger partial charge in [-0.25, -0.2) is 4.98 Å². The van der Waals surface area contributed by atoms with Gasteiger partial charge in [-0.15, -0.1) is 0 Å². The van der Waals surface area contributed by atoms with Crippen LogP contribution in [0, 0.1) is 0 Å². The molecule has 0 aliphatic carbocycles. The third-order valence-corrected chi connectivity index (χ3v) is 3.73. The van der Waals surface area contributed by atoms with Crippen molar-refractivity contribution in [2.45, 2.75) is 32.7 Å². The van der Waals surface area contributed by atoms with Crippen molar-refractivity contribution in [3.05, 3.63) is 42.5 Å². The molecule has 0 aliphatic rings. The van der Waals surface area contributed by atoms with E-state index in [1.165, 1.54) is 19.2 Å². The first-order chi connectivity index (χ1) is 11.2. The molecule has 0 saturated heterocycles. The highest BCUT2D eigenvalue weighted by Gasteiger charge is 2.06. The van der Waals surface area contributed by atoms with Crippen LogP contribution in [0.5, 0.6) is 0 Å². The SMILES string of the molecule is CCCCN(C)c1ccc(C(=O)NCCCn2cncn2)cc1. The number of benzene rings is 1. The second-order valence-electron chi connectivity index (χ2n) is 5.59. The van der Waals surface area contributed by atoms with Gasteiger partial charge in [-0.1, -0.05) is 13.3 Å². The Kier molecular flexibility index (Phi) is 6.59. The van der Waals surface area contributed by atoms with Gasteiger partial charge in [-0.3, -0.25) is 9.48 Å². The number of hydrogen-bond acceptors (Lipinski definition) is 4. The molecule has 0 aliphatic heterocycles. The first-order valence-electron chi connectivity index (χ1n) is 8.12. The Bertz CT molecular complexity index is 580. The Morgan fingerprint density at radius 3 is 2.70 bits per heavy atom. The van der Waals surface area contributed by atoms with Crippen molar-refractivity contribution < 1.29 is 4.79 Å². The molecule has 0 bridgehead atoms. The van der Waals surface area contributed by atoms with Gasteiger partial charge >= 0.3 is 0 Å². The lowest BCUT2D eigenvalue weighted by Crippen LogP contribution is -2.25. The van der Waals surface area contributed by atoms with Crippen LogP contribution in [0.2, 0.25) is 0 Å². The lowest BCUT2D eigenvalue weighted by atomic mass is 10.1. The number of unbranched alkanes of at least 4 members (excludes halogenated alkanes) is 1. The van der Waals surface area contributed by atoms with Gasteiger partial charge in [-0.05, 0) is 37.1 Å². The van der Waals surface area contributed by atoms with Crippen molar-refractivity contribution in [2.24, 2.45) is 0 Å². The minimum atomic E-state index is -0.0358. The summed E-state index contributed by atoms with van der Waals surface area (Å²) in [6, 6.07) is 7.76. The van der Waals surface area contributed by atoms with Crippen LogP contribution in [0.1, 0.15) is 36.5 Å². The molecule has 6 heteroatoms. The highest BCUT2D eigenvalue weighted by molar-refractivity contribution is 5.94. The van der Waals surface area contributed by atoms with Gasteiger partial charge in [-0.2, -0.15) is 5.10 Å². The largest absolute Gasteiger partial charge is 0.375 e. The van der Waals surface area contributed by atoms with E-state index in [-0.39, 0.29) is 5.91 Å². The van der Waals surface area contributed by atoms with Gasteiger partial charge in [0.05, 0.1) is 0 Å². The summed E-state index contributed by atoms with van der Waals surface area (Å²) < 4.78 is 1.76. The third kappa shape index (κ3) is 5.39. The highest BCUT2D eigenvalue weighted by Crippen LogP contribution is 2.14. The molecular formula is C17H25N5O. The Morgan fingerprint density at radius 1 is 1.26 bits per heavy atom. The van der Waals surface area contributed by atoms with Crippen LogP contribution in [0.25, 0.3) is 0 Å². The zero-order valence-corrected chi connectivity index (χ0v) is 13.9. The molecule has 0 spiro atoms. The van der Waals surface area contributed by atoms with E-state index in [4.69, 9.17) is 0 Å². The van der Waals surface area contributed by atoms with E-state index in [0.29, 0.717) is 12.1 Å². The molecule has 0 saturated carbocycles. The number of carbonyl (C=O) groups is 1. The lowest BCUT2D eigenvalue weighted by molar-refractivity contribution is 0.0952. The molecule has 2 aromatic rings. The number of nitrogens with zero attached hydrogens (tertiary/aromatic N) is 4. The summed E-state index contributed by atoms with van der Waals surface area (Å²) in [5.41, 5.74) is 1.83. The molecule has 0 unspecified atom stereocenters. The van der Waals surface area contributed by atoms with Gasteiger partial charge in [0.2, 0.25) is 0 Å². The smallest absolute Gasteiger partial charge is 0.251 e. The summed E-state index contributed by atoms with van der Waals surface area (Å²) in [5, 5.41) is 6.96. The second kappa shape index (κ2) is 8.92. The number of nitrogens with one attached hydrogen (secondary N) is 1. The molecule has 0 fully saturated rings. The van der Waals surface area contributed by atoms with E-state index < -0.39 is 0 Å². The zero-order valence-electron chi connectivity index (χ0n) is 13.9. The van der Waals surface area contributed by atoms with E-state index in [1.807, 2.05) is 24.3 Å². The summed E-state index contributed by atoms with van der Waals surface area (Å²) in [6.07, 6.45) is 6.37. The second-order valence-corrected chi connectivity index (χ2v) is 5.59. The summed E-state index contributed by atoms with van der Waals surface area (Å²) in [6.45, 7) is 4.59. The van der Waals surface area contributed by atoms with Gasteiger partial charge in [0.1, 0.15) is 12.7 Å². The summed E-state index contributed by atoms with van der Waals surface area (Å²) >= 11 is 0. The molecule has 0 radical (unpaired) electrons.